The van der Waals surface area contributed by atoms with Crippen molar-refractivity contribution in [3.63, 3.8) is 0 Å². The summed E-state index contributed by atoms with van der Waals surface area (Å²) in [6.45, 7) is 4.19. The lowest BCUT2D eigenvalue weighted by Crippen LogP contribution is -2.40. The van der Waals surface area contributed by atoms with E-state index in [9.17, 15) is 4.79 Å². The Morgan fingerprint density at radius 3 is 2.63 bits per heavy atom. The standard InChI is InChI=1S/C18H20O/c1-13-6-5-11-18(2,17(13)19)16-10-9-14-7-3-4-8-15(14)12-16/h3-4,7-10,12-13H,5-6,11H2,1-2H3. The Labute approximate surface area is 114 Å². The van der Waals surface area contributed by atoms with Gasteiger partial charge in [0.25, 0.3) is 0 Å². The molecule has 2 atom stereocenters. The van der Waals surface area contributed by atoms with Crippen molar-refractivity contribution in [3.05, 3.63) is 48.0 Å². The summed E-state index contributed by atoms with van der Waals surface area (Å²) in [7, 11) is 0. The van der Waals surface area contributed by atoms with Gasteiger partial charge < -0.3 is 0 Å². The van der Waals surface area contributed by atoms with Crippen molar-refractivity contribution in [1.29, 1.82) is 0 Å². The van der Waals surface area contributed by atoms with Gasteiger partial charge in [-0.2, -0.15) is 0 Å². The van der Waals surface area contributed by atoms with Crippen LogP contribution in [0.1, 0.15) is 38.7 Å². The smallest absolute Gasteiger partial charge is 0.145 e. The van der Waals surface area contributed by atoms with Crippen molar-refractivity contribution in [2.75, 3.05) is 0 Å². The zero-order valence-electron chi connectivity index (χ0n) is 11.6. The van der Waals surface area contributed by atoms with Crippen LogP contribution in [0, 0.1) is 5.92 Å². The maximum atomic E-state index is 12.6. The highest BCUT2D eigenvalue weighted by molar-refractivity contribution is 5.93. The monoisotopic (exact) mass is 252 g/mol. The summed E-state index contributed by atoms with van der Waals surface area (Å²) in [5.74, 6) is 0.610. The Kier molecular flexibility index (Phi) is 2.93. The molecule has 1 nitrogen and oxygen atoms in total. The van der Waals surface area contributed by atoms with Crippen LogP contribution in [0.4, 0.5) is 0 Å². The molecule has 2 aromatic rings. The zero-order chi connectivity index (χ0) is 13.5. The number of hydrogen-bond donors (Lipinski definition) is 0. The first-order valence-corrected chi connectivity index (χ1v) is 7.15. The fourth-order valence-electron chi connectivity index (χ4n) is 3.38. The molecule has 0 saturated heterocycles. The molecular weight excluding hydrogens is 232 g/mol. The third kappa shape index (κ3) is 1.98. The van der Waals surface area contributed by atoms with Gasteiger partial charge in [0.05, 0.1) is 5.41 Å². The SMILES string of the molecule is CC1CCCC(C)(c2ccc3ccccc3c2)C1=O. The molecule has 19 heavy (non-hydrogen) atoms. The first kappa shape index (κ1) is 12.4. The van der Waals surface area contributed by atoms with Gasteiger partial charge in [-0.15, -0.1) is 0 Å². The number of fused-ring (bicyclic) bond motifs is 1. The van der Waals surface area contributed by atoms with E-state index in [1.165, 1.54) is 16.3 Å². The summed E-state index contributed by atoms with van der Waals surface area (Å²) in [5.41, 5.74) is 0.893. The molecule has 0 N–H and O–H groups in total. The second-order valence-corrected chi connectivity index (χ2v) is 6.05. The molecule has 1 aliphatic rings. The van der Waals surface area contributed by atoms with Gasteiger partial charge in [0.15, 0.2) is 0 Å². The molecule has 1 aliphatic carbocycles. The minimum Gasteiger partial charge on any atom is -0.298 e. The molecule has 0 spiro atoms. The van der Waals surface area contributed by atoms with E-state index in [1.807, 2.05) is 0 Å². The van der Waals surface area contributed by atoms with Crippen LogP contribution >= 0.6 is 0 Å². The minimum atomic E-state index is -0.290. The van der Waals surface area contributed by atoms with E-state index in [4.69, 9.17) is 0 Å². The normalized spacial score (nSPS) is 27.7. The summed E-state index contributed by atoms with van der Waals surface area (Å²) >= 11 is 0. The Morgan fingerprint density at radius 1 is 1.11 bits per heavy atom. The van der Waals surface area contributed by atoms with E-state index in [0.29, 0.717) is 5.78 Å². The van der Waals surface area contributed by atoms with E-state index < -0.39 is 0 Å². The molecule has 0 heterocycles. The van der Waals surface area contributed by atoms with Gasteiger partial charge in [0, 0.05) is 5.92 Å². The Hall–Kier alpha value is -1.63. The van der Waals surface area contributed by atoms with Crippen LogP contribution < -0.4 is 0 Å². The number of rotatable bonds is 1. The lowest BCUT2D eigenvalue weighted by atomic mass is 9.66. The van der Waals surface area contributed by atoms with Crippen LogP contribution in [0.15, 0.2) is 42.5 Å². The highest BCUT2D eigenvalue weighted by atomic mass is 16.1. The van der Waals surface area contributed by atoms with Crippen LogP contribution in [0.25, 0.3) is 10.8 Å². The largest absolute Gasteiger partial charge is 0.298 e. The molecule has 0 amide bonds. The molecule has 1 fully saturated rings. The molecule has 2 aromatic carbocycles. The Balaban J connectivity index is 2.10. The molecule has 0 aliphatic heterocycles. The van der Waals surface area contributed by atoms with E-state index in [1.54, 1.807) is 0 Å². The van der Waals surface area contributed by atoms with Crippen molar-refractivity contribution in [2.24, 2.45) is 5.92 Å². The predicted molar refractivity (Wildman–Crippen MR) is 79.3 cm³/mol. The van der Waals surface area contributed by atoms with Gasteiger partial charge in [0.2, 0.25) is 0 Å². The van der Waals surface area contributed by atoms with Gasteiger partial charge in [0.1, 0.15) is 5.78 Å². The van der Waals surface area contributed by atoms with Gasteiger partial charge in [-0.25, -0.2) is 0 Å². The molecule has 3 rings (SSSR count). The summed E-state index contributed by atoms with van der Waals surface area (Å²) in [4.78, 5) is 12.6. The number of Topliss-reactive ketones (excluding diaryl/α,β-unsaturated/α-hetero) is 1. The second kappa shape index (κ2) is 4.48. The van der Waals surface area contributed by atoms with Gasteiger partial charge in [-0.05, 0) is 36.1 Å². The summed E-state index contributed by atoms with van der Waals surface area (Å²) in [6.07, 6.45) is 3.17. The Bertz CT molecular complexity index is 628. The van der Waals surface area contributed by atoms with Gasteiger partial charge >= 0.3 is 0 Å². The Morgan fingerprint density at radius 2 is 1.84 bits per heavy atom. The average molecular weight is 252 g/mol. The molecule has 2 unspecified atom stereocenters. The number of ketones is 1. The van der Waals surface area contributed by atoms with Gasteiger partial charge in [-0.1, -0.05) is 55.8 Å². The van der Waals surface area contributed by atoms with Gasteiger partial charge in [-0.3, -0.25) is 4.79 Å². The lowest BCUT2D eigenvalue weighted by Gasteiger charge is -2.36. The molecule has 98 valence electrons. The van der Waals surface area contributed by atoms with Crippen molar-refractivity contribution < 1.29 is 4.79 Å². The van der Waals surface area contributed by atoms with E-state index in [0.717, 1.165) is 19.3 Å². The van der Waals surface area contributed by atoms with Crippen LogP contribution in [0.2, 0.25) is 0 Å². The fourth-order valence-corrected chi connectivity index (χ4v) is 3.38. The van der Waals surface area contributed by atoms with Crippen molar-refractivity contribution in [2.45, 2.75) is 38.5 Å². The maximum Gasteiger partial charge on any atom is 0.145 e. The fraction of sp³-hybridized carbons (Fsp3) is 0.389. The highest BCUT2D eigenvalue weighted by Gasteiger charge is 2.40. The number of hydrogen-bond acceptors (Lipinski definition) is 1. The first-order valence-electron chi connectivity index (χ1n) is 7.15. The molecular formula is C18H20O. The quantitative estimate of drug-likeness (QED) is 0.731. The molecule has 1 heteroatoms. The topological polar surface area (TPSA) is 17.1 Å². The minimum absolute atomic E-state index is 0.199. The first-order chi connectivity index (χ1) is 9.11. The third-order valence-corrected chi connectivity index (χ3v) is 4.69. The summed E-state index contributed by atoms with van der Waals surface area (Å²) < 4.78 is 0. The molecule has 0 radical (unpaired) electrons. The van der Waals surface area contributed by atoms with E-state index in [2.05, 4.69) is 56.3 Å². The molecule has 1 saturated carbocycles. The predicted octanol–water partition coefficient (Wildman–Crippen LogP) is 4.49. The molecule has 0 aromatic heterocycles. The highest BCUT2D eigenvalue weighted by Crippen LogP contribution is 2.39. The van der Waals surface area contributed by atoms with E-state index >= 15 is 0 Å². The van der Waals surface area contributed by atoms with Crippen LogP contribution in [-0.2, 0) is 10.2 Å². The van der Waals surface area contributed by atoms with E-state index in [-0.39, 0.29) is 11.3 Å². The van der Waals surface area contributed by atoms with Crippen molar-refractivity contribution in [3.8, 4) is 0 Å². The zero-order valence-corrected chi connectivity index (χ0v) is 11.6. The molecule has 0 bridgehead atoms. The summed E-state index contributed by atoms with van der Waals surface area (Å²) in [5, 5.41) is 2.47. The lowest BCUT2D eigenvalue weighted by molar-refractivity contribution is -0.129. The maximum absolute atomic E-state index is 12.6. The van der Waals surface area contributed by atoms with Crippen LogP contribution in [0.3, 0.4) is 0 Å². The third-order valence-electron chi connectivity index (χ3n) is 4.69. The average Bonchev–Trinajstić information content (AvgIpc) is 2.44. The number of carbonyl (C=O) groups is 1. The number of benzene rings is 2. The van der Waals surface area contributed by atoms with Crippen molar-refractivity contribution >= 4 is 16.6 Å². The summed E-state index contributed by atoms with van der Waals surface area (Å²) in [6, 6.07) is 14.8. The van der Waals surface area contributed by atoms with Crippen LogP contribution in [-0.4, -0.2) is 5.78 Å². The van der Waals surface area contributed by atoms with Crippen LogP contribution in [0.5, 0.6) is 0 Å². The van der Waals surface area contributed by atoms with Crippen molar-refractivity contribution in [1.82, 2.24) is 0 Å². The second-order valence-electron chi connectivity index (χ2n) is 6.05. The number of carbonyl (C=O) groups excluding carboxylic acids is 1.